The Kier molecular flexibility index (Phi) is 2.87. The Hall–Kier alpha value is -3.60. The van der Waals surface area contributed by atoms with E-state index < -0.39 is 0 Å². The Morgan fingerprint density at radius 2 is 2.00 bits per heavy atom. The third-order valence-electron chi connectivity index (χ3n) is 4.47. The third-order valence-corrected chi connectivity index (χ3v) is 4.47. The van der Waals surface area contributed by atoms with Gasteiger partial charge in [-0.2, -0.15) is 0 Å². The molecule has 120 valence electrons. The maximum absolute atomic E-state index is 12.8. The van der Waals surface area contributed by atoms with Crippen LogP contribution in [0.5, 0.6) is 0 Å². The highest BCUT2D eigenvalue weighted by Gasteiger charge is 2.12. The number of H-pyrrole nitrogens is 1. The van der Waals surface area contributed by atoms with E-state index in [1.54, 1.807) is 17.0 Å². The summed E-state index contributed by atoms with van der Waals surface area (Å²) in [5.74, 6) is 0. The van der Waals surface area contributed by atoms with Gasteiger partial charge in [-0.3, -0.25) is 9.55 Å². The first kappa shape index (κ1) is 13.8. The quantitative estimate of drug-likeness (QED) is 0.467. The van der Waals surface area contributed by atoms with Gasteiger partial charge in [0.15, 0.2) is 0 Å². The highest BCUT2D eigenvalue weighted by atomic mass is 16.2. The number of anilines is 1. The summed E-state index contributed by atoms with van der Waals surface area (Å²) in [6, 6.07) is 17.3. The zero-order valence-corrected chi connectivity index (χ0v) is 13.2. The summed E-state index contributed by atoms with van der Waals surface area (Å²) in [6.07, 6.45) is 5.44. The molecular formula is C20H14N4O. The molecule has 5 nitrogen and oxygen atoms in total. The number of benzene rings is 2. The molecule has 0 aliphatic heterocycles. The van der Waals surface area contributed by atoms with Crippen LogP contribution >= 0.6 is 0 Å². The standard InChI is InChI=1S/C20H14N4O/c25-20(23-17-5-1-4-16-15(17)3-2-8-21-16)24-10-7-14-11-18-13(6-9-22-18)12-19(14)24/h1-12,22H,(H,23,25). The zero-order valence-electron chi connectivity index (χ0n) is 13.2. The van der Waals surface area contributed by atoms with Crippen molar-refractivity contribution in [3.63, 3.8) is 0 Å². The minimum Gasteiger partial charge on any atom is -0.361 e. The number of hydrogen-bond acceptors (Lipinski definition) is 2. The minimum absolute atomic E-state index is 0.193. The van der Waals surface area contributed by atoms with Gasteiger partial charge in [0.05, 0.1) is 16.7 Å². The average molecular weight is 326 g/mol. The molecule has 0 saturated heterocycles. The Labute approximate surface area is 142 Å². The summed E-state index contributed by atoms with van der Waals surface area (Å²) < 4.78 is 1.64. The molecule has 2 N–H and O–H groups in total. The number of nitrogens with zero attached hydrogens (tertiary/aromatic N) is 2. The summed E-state index contributed by atoms with van der Waals surface area (Å²) in [4.78, 5) is 20.4. The Bertz CT molecular complexity index is 1240. The van der Waals surface area contributed by atoms with Gasteiger partial charge in [0.2, 0.25) is 0 Å². The SMILES string of the molecule is O=C(Nc1cccc2ncccc12)n1ccc2cc3[nH]ccc3cc21. The van der Waals surface area contributed by atoms with Crippen LogP contribution < -0.4 is 5.32 Å². The van der Waals surface area contributed by atoms with Crippen molar-refractivity contribution in [2.45, 2.75) is 0 Å². The van der Waals surface area contributed by atoms with Crippen molar-refractivity contribution >= 4 is 44.4 Å². The van der Waals surface area contributed by atoms with Gasteiger partial charge in [-0.25, -0.2) is 4.79 Å². The number of aromatic nitrogens is 3. The molecule has 0 aliphatic rings. The second-order valence-corrected chi connectivity index (χ2v) is 5.97. The second-order valence-electron chi connectivity index (χ2n) is 5.97. The van der Waals surface area contributed by atoms with E-state index >= 15 is 0 Å². The highest BCUT2D eigenvalue weighted by molar-refractivity contribution is 6.06. The molecule has 3 heterocycles. The monoisotopic (exact) mass is 326 g/mol. The van der Waals surface area contributed by atoms with E-state index in [1.807, 2.05) is 54.7 Å². The van der Waals surface area contributed by atoms with Gasteiger partial charge >= 0.3 is 6.03 Å². The molecule has 0 unspecified atom stereocenters. The predicted molar refractivity (Wildman–Crippen MR) is 100.0 cm³/mol. The third kappa shape index (κ3) is 2.17. The molecule has 0 spiro atoms. The van der Waals surface area contributed by atoms with E-state index in [0.717, 1.165) is 38.4 Å². The van der Waals surface area contributed by atoms with Crippen molar-refractivity contribution in [1.29, 1.82) is 0 Å². The molecular weight excluding hydrogens is 312 g/mol. The first-order valence-electron chi connectivity index (χ1n) is 8.03. The molecule has 0 fully saturated rings. The van der Waals surface area contributed by atoms with Crippen molar-refractivity contribution in [3.05, 3.63) is 73.2 Å². The maximum Gasteiger partial charge on any atom is 0.330 e. The Balaban J connectivity index is 1.58. The average Bonchev–Trinajstić information content (AvgIpc) is 3.26. The summed E-state index contributed by atoms with van der Waals surface area (Å²) in [5, 5.41) is 6.01. The largest absolute Gasteiger partial charge is 0.361 e. The van der Waals surface area contributed by atoms with E-state index in [9.17, 15) is 4.79 Å². The summed E-state index contributed by atoms with van der Waals surface area (Å²) in [5.41, 5.74) is 3.54. The normalized spacial score (nSPS) is 11.4. The van der Waals surface area contributed by atoms with Crippen LogP contribution in [0.3, 0.4) is 0 Å². The van der Waals surface area contributed by atoms with Crippen LogP contribution in [0.25, 0.3) is 32.7 Å². The van der Waals surface area contributed by atoms with Crippen LogP contribution in [0.4, 0.5) is 10.5 Å². The summed E-state index contributed by atoms with van der Waals surface area (Å²) in [7, 11) is 0. The molecule has 0 bridgehead atoms. The lowest BCUT2D eigenvalue weighted by molar-refractivity contribution is 0.254. The Morgan fingerprint density at radius 1 is 1.04 bits per heavy atom. The van der Waals surface area contributed by atoms with Crippen molar-refractivity contribution < 1.29 is 4.79 Å². The number of nitrogens with one attached hydrogen (secondary N) is 2. The number of amides is 1. The van der Waals surface area contributed by atoms with Gasteiger partial charge in [-0.15, -0.1) is 0 Å². The number of rotatable bonds is 1. The molecule has 2 aromatic carbocycles. The van der Waals surface area contributed by atoms with E-state index in [0.29, 0.717) is 0 Å². The summed E-state index contributed by atoms with van der Waals surface area (Å²) in [6.45, 7) is 0. The fourth-order valence-corrected chi connectivity index (χ4v) is 3.25. The van der Waals surface area contributed by atoms with Crippen LogP contribution in [0.2, 0.25) is 0 Å². The van der Waals surface area contributed by atoms with Crippen LogP contribution in [0.1, 0.15) is 0 Å². The van der Waals surface area contributed by atoms with Crippen molar-refractivity contribution in [2.75, 3.05) is 5.32 Å². The van der Waals surface area contributed by atoms with Crippen molar-refractivity contribution in [2.24, 2.45) is 0 Å². The van der Waals surface area contributed by atoms with Crippen LogP contribution in [0.15, 0.2) is 73.2 Å². The van der Waals surface area contributed by atoms with Crippen LogP contribution in [-0.4, -0.2) is 20.6 Å². The fourth-order valence-electron chi connectivity index (χ4n) is 3.25. The number of aromatic amines is 1. The maximum atomic E-state index is 12.8. The van der Waals surface area contributed by atoms with Gasteiger partial charge in [-0.05, 0) is 48.5 Å². The fraction of sp³-hybridized carbons (Fsp3) is 0. The van der Waals surface area contributed by atoms with Crippen molar-refractivity contribution in [3.8, 4) is 0 Å². The van der Waals surface area contributed by atoms with E-state index in [4.69, 9.17) is 0 Å². The number of hydrogen-bond donors (Lipinski definition) is 2. The first-order chi connectivity index (χ1) is 12.3. The smallest absolute Gasteiger partial charge is 0.330 e. The number of carbonyl (C=O) groups excluding carboxylic acids is 1. The minimum atomic E-state index is -0.193. The van der Waals surface area contributed by atoms with E-state index in [2.05, 4.69) is 21.4 Å². The first-order valence-corrected chi connectivity index (χ1v) is 8.03. The molecule has 3 aromatic heterocycles. The molecule has 5 rings (SSSR count). The van der Waals surface area contributed by atoms with Gasteiger partial charge < -0.3 is 10.3 Å². The number of carbonyl (C=O) groups is 1. The highest BCUT2D eigenvalue weighted by Crippen LogP contribution is 2.25. The van der Waals surface area contributed by atoms with Gasteiger partial charge in [0, 0.05) is 40.3 Å². The molecule has 5 aromatic rings. The predicted octanol–water partition coefficient (Wildman–Crippen LogP) is 4.75. The number of fused-ring (bicyclic) bond motifs is 3. The molecule has 25 heavy (non-hydrogen) atoms. The molecule has 0 saturated carbocycles. The number of pyridine rings is 1. The van der Waals surface area contributed by atoms with Crippen LogP contribution in [0, 0.1) is 0 Å². The van der Waals surface area contributed by atoms with Gasteiger partial charge in [-0.1, -0.05) is 6.07 Å². The lowest BCUT2D eigenvalue weighted by Gasteiger charge is -2.09. The van der Waals surface area contributed by atoms with Gasteiger partial charge in [0.1, 0.15) is 0 Å². The summed E-state index contributed by atoms with van der Waals surface area (Å²) >= 11 is 0. The lowest BCUT2D eigenvalue weighted by atomic mass is 10.2. The zero-order chi connectivity index (χ0) is 16.8. The molecule has 0 radical (unpaired) electrons. The lowest BCUT2D eigenvalue weighted by Crippen LogP contribution is -2.18. The molecule has 0 aliphatic carbocycles. The molecule has 0 atom stereocenters. The van der Waals surface area contributed by atoms with Gasteiger partial charge in [0.25, 0.3) is 0 Å². The molecule has 1 amide bonds. The van der Waals surface area contributed by atoms with Crippen LogP contribution in [-0.2, 0) is 0 Å². The van der Waals surface area contributed by atoms with E-state index in [-0.39, 0.29) is 6.03 Å². The molecule has 5 heteroatoms. The second kappa shape index (κ2) is 5.21. The topological polar surface area (TPSA) is 62.7 Å². The Morgan fingerprint density at radius 3 is 2.96 bits per heavy atom. The van der Waals surface area contributed by atoms with E-state index in [1.165, 1.54) is 0 Å². The van der Waals surface area contributed by atoms with Crippen molar-refractivity contribution in [1.82, 2.24) is 14.5 Å².